The van der Waals surface area contributed by atoms with E-state index in [1.807, 2.05) is 26.1 Å². The second-order valence-electron chi connectivity index (χ2n) is 9.66. The van der Waals surface area contributed by atoms with Crippen LogP contribution in [0.25, 0.3) is 33.4 Å². The molecule has 0 saturated carbocycles. The van der Waals surface area contributed by atoms with Crippen LogP contribution in [0.5, 0.6) is 0 Å². The van der Waals surface area contributed by atoms with Crippen LogP contribution in [0.4, 0.5) is 5.82 Å². The molecule has 0 spiro atoms. The van der Waals surface area contributed by atoms with E-state index in [2.05, 4.69) is 34.2 Å². The molecular weight excluding hydrogens is 432 g/mol. The van der Waals surface area contributed by atoms with Crippen LogP contribution in [-0.4, -0.2) is 61.4 Å². The van der Waals surface area contributed by atoms with Gasteiger partial charge in [0.2, 0.25) is 0 Å². The Hall–Kier alpha value is -3.30. The van der Waals surface area contributed by atoms with Crippen LogP contribution in [0.1, 0.15) is 32.2 Å². The molecule has 4 aromatic rings. The Morgan fingerprint density at radius 3 is 2.71 bits per heavy atom. The lowest BCUT2D eigenvalue weighted by Crippen LogP contribution is -2.44. The highest BCUT2D eigenvalue weighted by Crippen LogP contribution is 2.34. The van der Waals surface area contributed by atoms with E-state index in [1.165, 1.54) is 0 Å². The Morgan fingerprint density at radius 2 is 2.00 bits per heavy atom. The summed E-state index contributed by atoms with van der Waals surface area (Å²) in [7, 11) is 0. The van der Waals surface area contributed by atoms with Crippen molar-refractivity contribution in [1.82, 2.24) is 24.9 Å². The highest BCUT2D eigenvalue weighted by molar-refractivity contribution is 5.94. The number of aliphatic hydroxyl groups is 1. The third-order valence-electron chi connectivity index (χ3n) is 6.08. The Kier molecular flexibility index (Phi) is 5.61. The average Bonchev–Trinajstić information content (AvgIpc) is 3.38. The SMILES string of the molecule is Cc1noc(C)c1-c1ccc2nc(-c3cnn(CC(C)(C)O)c3)nc(N3CCOC[C@H]3C)c2c1. The maximum absolute atomic E-state index is 10.2. The van der Waals surface area contributed by atoms with Crippen LogP contribution in [-0.2, 0) is 11.3 Å². The van der Waals surface area contributed by atoms with E-state index < -0.39 is 5.60 Å². The number of benzene rings is 1. The molecule has 1 fully saturated rings. The fraction of sp³-hybridized carbons (Fsp3) is 0.440. The molecule has 1 aromatic carbocycles. The zero-order chi connectivity index (χ0) is 24.0. The molecule has 4 heterocycles. The van der Waals surface area contributed by atoms with E-state index in [0.29, 0.717) is 25.6 Å². The van der Waals surface area contributed by atoms with Gasteiger partial charge in [-0.2, -0.15) is 5.10 Å². The van der Waals surface area contributed by atoms with Crippen molar-refractivity contribution in [1.29, 1.82) is 0 Å². The van der Waals surface area contributed by atoms with Crippen LogP contribution in [0.3, 0.4) is 0 Å². The van der Waals surface area contributed by atoms with Crippen molar-refractivity contribution in [2.45, 2.75) is 52.8 Å². The maximum Gasteiger partial charge on any atom is 0.165 e. The Labute approximate surface area is 198 Å². The van der Waals surface area contributed by atoms with E-state index in [4.69, 9.17) is 19.2 Å². The van der Waals surface area contributed by atoms with Crippen LogP contribution >= 0.6 is 0 Å². The summed E-state index contributed by atoms with van der Waals surface area (Å²) in [5, 5.41) is 19.7. The minimum absolute atomic E-state index is 0.181. The first-order valence-electron chi connectivity index (χ1n) is 11.5. The van der Waals surface area contributed by atoms with Crippen LogP contribution in [0, 0.1) is 13.8 Å². The van der Waals surface area contributed by atoms with Gasteiger partial charge in [0.25, 0.3) is 0 Å². The molecule has 1 aliphatic rings. The number of nitrogens with zero attached hydrogens (tertiary/aromatic N) is 6. The number of anilines is 1. The maximum atomic E-state index is 10.2. The molecule has 5 rings (SSSR count). The minimum atomic E-state index is -0.865. The van der Waals surface area contributed by atoms with E-state index in [9.17, 15) is 5.11 Å². The Morgan fingerprint density at radius 1 is 1.18 bits per heavy atom. The first-order valence-corrected chi connectivity index (χ1v) is 11.5. The fourth-order valence-electron chi connectivity index (χ4n) is 4.51. The third kappa shape index (κ3) is 4.28. The number of fused-ring (bicyclic) bond motifs is 1. The van der Waals surface area contributed by atoms with E-state index in [-0.39, 0.29) is 6.04 Å². The molecular formula is C25H30N6O3. The monoisotopic (exact) mass is 462 g/mol. The lowest BCUT2D eigenvalue weighted by molar-refractivity contribution is 0.0577. The molecule has 0 aliphatic carbocycles. The Balaban J connectivity index is 1.65. The quantitative estimate of drug-likeness (QED) is 0.478. The molecule has 9 nitrogen and oxygen atoms in total. The molecule has 0 bridgehead atoms. The van der Waals surface area contributed by atoms with E-state index in [1.54, 1.807) is 24.7 Å². The number of hydrogen-bond donors (Lipinski definition) is 1. The molecule has 1 saturated heterocycles. The molecule has 1 aliphatic heterocycles. The number of rotatable bonds is 5. The molecule has 178 valence electrons. The van der Waals surface area contributed by atoms with Gasteiger partial charge in [0, 0.05) is 23.7 Å². The van der Waals surface area contributed by atoms with Crippen molar-refractivity contribution in [3.63, 3.8) is 0 Å². The molecule has 34 heavy (non-hydrogen) atoms. The summed E-state index contributed by atoms with van der Waals surface area (Å²) in [6, 6.07) is 6.38. The molecule has 0 amide bonds. The standard InChI is InChI=1S/C25H30N6O3/c1-15-13-33-9-8-31(15)24-20-10-18(22-16(2)29-34-17(22)3)6-7-21(20)27-23(28-24)19-11-26-30(12-19)14-25(4,5)32/h6-7,10-12,15,32H,8-9,13-14H2,1-5H3/t15-/m1/s1. The largest absolute Gasteiger partial charge is 0.389 e. The summed E-state index contributed by atoms with van der Waals surface area (Å²) in [5.74, 6) is 2.27. The van der Waals surface area contributed by atoms with Crippen molar-refractivity contribution in [3.8, 4) is 22.5 Å². The lowest BCUT2D eigenvalue weighted by atomic mass is 10.0. The predicted octanol–water partition coefficient (Wildman–Crippen LogP) is 3.76. The van der Waals surface area contributed by atoms with Gasteiger partial charge >= 0.3 is 0 Å². The van der Waals surface area contributed by atoms with Gasteiger partial charge in [-0.25, -0.2) is 9.97 Å². The van der Waals surface area contributed by atoms with Crippen LogP contribution in [0.2, 0.25) is 0 Å². The number of ether oxygens (including phenoxy) is 1. The molecule has 0 radical (unpaired) electrons. The van der Waals surface area contributed by atoms with E-state index in [0.717, 1.165) is 51.4 Å². The number of morpholine rings is 1. The first kappa shape index (κ1) is 22.5. The van der Waals surface area contributed by atoms with Crippen molar-refractivity contribution in [2.75, 3.05) is 24.7 Å². The second-order valence-corrected chi connectivity index (χ2v) is 9.66. The van der Waals surface area contributed by atoms with Gasteiger partial charge in [-0.1, -0.05) is 11.2 Å². The summed E-state index contributed by atoms with van der Waals surface area (Å²) in [6.45, 7) is 12.0. The zero-order valence-corrected chi connectivity index (χ0v) is 20.2. The number of hydrogen-bond acceptors (Lipinski definition) is 8. The minimum Gasteiger partial charge on any atom is -0.389 e. The molecule has 0 unspecified atom stereocenters. The summed E-state index contributed by atoms with van der Waals surface area (Å²) in [4.78, 5) is 12.2. The van der Waals surface area contributed by atoms with E-state index >= 15 is 0 Å². The van der Waals surface area contributed by atoms with Crippen molar-refractivity contribution < 1.29 is 14.4 Å². The van der Waals surface area contributed by atoms with Crippen molar-refractivity contribution >= 4 is 16.7 Å². The first-order chi connectivity index (χ1) is 16.2. The van der Waals surface area contributed by atoms with Gasteiger partial charge < -0.3 is 19.3 Å². The van der Waals surface area contributed by atoms with Gasteiger partial charge in [-0.15, -0.1) is 0 Å². The average molecular weight is 463 g/mol. The molecule has 1 N–H and O–H groups in total. The predicted molar refractivity (Wildman–Crippen MR) is 130 cm³/mol. The molecule has 9 heteroatoms. The normalized spacial score (nSPS) is 17.0. The van der Waals surface area contributed by atoms with Crippen molar-refractivity contribution in [3.05, 3.63) is 42.0 Å². The van der Waals surface area contributed by atoms with Crippen LogP contribution < -0.4 is 4.90 Å². The highest BCUT2D eigenvalue weighted by atomic mass is 16.5. The zero-order valence-electron chi connectivity index (χ0n) is 20.2. The van der Waals surface area contributed by atoms with Gasteiger partial charge in [-0.05, 0) is 52.3 Å². The number of aryl methyl sites for hydroxylation is 2. The van der Waals surface area contributed by atoms with Gasteiger partial charge in [-0.3, -0.25) is 4.68 Å². The summed E-state index contributed by atoms with van der Waals surface area (Å²) in [5.41, 5.74) is 3.68. The van der Waals surface area contributed by atoms with Crippen LogP contribution in [0.15, 0.2) is 35.1 Å². The summed E-state index contributed by atoms with van der Waals surface area (Å²) < 4.78 is 12.8. The topological polar surface area (TPSA) is 102 Å². The lowest BCUT2D eigenvalue weighted by Gasteiger charge is -2.35. The Bertz CT molecular complexity index is 1320. The molecule has 3 aromatic heterocycles. The summed E-state index contributed by atoms with van der Waals surface area (Å²) >= 11 is 0. The van der Waals surface area contributed by atoms with Gasteiger partial charge in [0.1, 0.15) is 11.6 Å². The highest BCUT2D eigenvalue weighted by Gasteiger charge is 2.25. The van der Waals surface area contributed by atoms with Crippen molar-refractivity contribution in [2.24, 2.45) is 0 Å². The smallest absolute Gasteiger partial charge is 0.165 e. The third-order valence-corrected chi connectivity index (χ3v) is 6.08. The second kappa shape index (κ2) is 8.48. The molecule has 1 atom stereocenters. The van der Waals surface area contributed by atoms with Gasteiger partial charge in [0.05, 0.1) is 54.4 Å². The summed E-state index contributed by atoms with van der Waals surface area (Å²) in [6.07, 6.45) is 3.63. The van der Waals surface area contributed by atoms with Gasteiger partial charge in [0.15, 0.2) is 5.82 Å². The number of aromatic nitrogens is 5. The fourth-order valence-corrected chi connectivity index (χ4v) is 4.51.